The lowest BCUT2D eigenvalue weighted by Crippen LogP contribution is -2.55. The highest BCUT2D eigenvalue weighted by Crippen LogP contribution is 2.48. The maximum Gasteiger partial charge on any atom is 0.310 e. The minimum atomic E-state index is -1.97. The minimum absolute atomic E-state index is 0.00546. The molecule has 0 saturated carbocycles. The molecule has 2 aliphatic rings. The van der Waals surface area contributed by atoms with Gasteiger partial charge in [-0.2, -0.15) is 0 Å². The molecule has 11 heteroatoms. The van der Waals surface area contributed by atoms with Gasteiger partial charge in [0.1, 0.15) is 30.5 Å². The highest BCUT2D eigenvalue weighted by atomic mass is 16.6. The van der Waals surface area contributed by atoms with E-state index in [-0.39, 0.29) is 31.8 Å². The quantitative estimate of drug-likeness (QED) is 0.305. The standard InChI is InChI=1S/C27H38O11/c1-15(2)10-23(31)37-22-11-20-19(13-34-16(3)28)8-9-21(25(20)27(22,33)14-35-17(4)29)36-24(32)12-26(6,7)38-18(5)30/h8,11,15,21-22,25,33H,9-10,12-14H2,1-7H3. The van der Waals surface area contributed by atoms with E-state index in [1.807, 2.05) is 13.8 Å². The van der Waals surface area contributed by atoms with Crippen LogP contribution in [0.2, 0.25) is 0 Å². The second-order valence-corrected chi connectivity index (χ2v) is 10.7. The smallest absolute Gasteiger partial charge is 0.310 e. The predicted octanol–water partition coefficient (Wildman–Crippen LogP) is 2.33. The molecule has 2 rings (SSSR count). The summed E-state index contributed by atoms with van der Waals surface area (Å²) >= 11 is 0. The molecule has 0 aromatic carbocycles. The molecule has 212 valence electrons. The van der Waals surface area contributed by atoms with Crippen LogP contribution in [0.5, 0.6) is 0 Å². The molecule has 0 amide bonds. The Labute approximate surface area is 222 Å². The van der Waals surface area contributed by atoms with E-state index in [1.54, 1.807) is 19.9 Å². The van der Waals surface area contributed by atoms with Crippen molar-refractivity contribution >= 4 is 29.8 Å². The molecule has 0 bridgehead atoms. The summed E-state index contributed by atoms with van der Waals surface area (Å²) in [4.78, 5) is 60.0. The second kappa shape index (κ2) is 12.6. The van der Waals surface area contributed by atoms with Crippen molar-refractivity contribution in [2.24, 2.45) is 11.8 Å². The van der Waals surface area contributed by atoms with Crippen LogP contribution in [0, 0.1) is 11.8 Å². The Morgan fingerprint density at radius 1 is 1.00 bits per heavy atom. The van der Waals surface area contributed by atoms with E-state index in [1.165, 1.54) is 26.8 Å². The molecule has 0 saturated heterocycles. The van der Waals surface area contributed by atoms with Crippen molar-refractivity contribution < 1.29 is 52.8 Å². The largest absolute Gasteiger partial charge is 0.463 e. The van der Waals surface area contributed by atoms with Gasteiger partial charge in [-0.1, -0.05) is 19.9 Å². The second-order valence-electron chi connectivity index (χ2n) is 10.7. The third kappa shape index (κ3) is 8.41. The zero-order chi connectivity index (χ0) is 28.8. The molecule has 0 aromatic rings. The van der Waals surface area contributed by atoms with Gasteiger partial charge in [0.05, 0.1) is 12.3 Å². The lowest BCUT2D eigenvalue weighted by molar-refractivity contribution is -0.189. The molecule has 1 N–H and O–H groups in total. The Balaban J connectivity index is 2.44. The summed E-state index contributed by atoms with van der Waals surface area (Å²) in [6.45, 7) is 9.81. The fourth-order valence-corrected chi connectivity index (χ4v) is 4.67. The topological polar surface area (TPSA) is 152 Å². The van der Waals surface area contributed by atoms with Gasteiger partial charge in [-0.3, -0.25) is 24.0 Å². The number of fused-ring (bicyclic) bond motifs is 1. The monoisotopic (exact) mass is 538 g/mol. The molecule has 0 heterocycles. The Hall–Kier alpha value is -3.21. The van der Waals surface area contributed by atoms with E-state index in [0.29, 0.717) is 11.1 Å². The first-order valence-corrected chi connectivity index (χ1v) is 12.5. The summed E-state index contributed by atoms with van der Waals surface area (Å²) < 4.78 is 26.9. The van der Waals surface area contributed by atoms with E-state index in [0.717, 1.165) is 0 Å². The number of carbonyl (C=O) groups is 5. The molecule has 4 atom stereocenters. The Morgan fingerprint density at radius 3 is 2.18 bits per heavy atom. The number of ether oxygens (including phenoxy) is 5. The van der Waals surface area contributed by atoms with Gasteiger partial charge in [0.15, 0.2) is 6.10 Å². The average molecular weight is 539 g/mol. The summed E-state index contributed by atoms with van der Waals surface area (Å²) in [5.41, 5.74) is -2.11. The van der Waals surface area contributed by atoms with Crippen LogP contribution < -0.4 is 0 Å². The Bertz CT molecular complexity index is 1010. The minimum Gasteiger partial charge on any atom is -0.463 e. The summed E-state index contributed by atoms with van der Waals surface area (Å²) in [7, 11) is 0. The van der Waals surface area contributed by atoms with Crippen LogP contribution in [0.3, 0.4) is 0 Å². The predicted molar refractivity (Wildman–Crippen MR) is 132 cm³/mol. The fraction of sp³-hybridized carbons (Fsp3) is 0.667. The average Bonchev–Trinajstić information content (AvgIpc) is 3.02. The molecular formula is C27H38O11. The maximum atomic E-state index is 12.9. The van der Waals surface area contributed by atoms with Crippen molar-refractivity contribution in [3.63, 3.8) is 0 Å². The van der Waals surface area contributed by atoms with Crippen LogP contribution in [0.25, 0.3) is 0 Å². The van der Waals surface area contributed by atoms with Crippen molar-refractivity contribution in [2.45, 2.75) is 91.1 Å². The number of carbonyl (C=O) groups excluding carboxylic acids is 5. The third-order valence-corrected chi connectivity index (χ3v) is 6.08. The van der Waals surface area contributed by atoms with Gasteiger partial charge >= 0.3 is 29.8 Å². The van der Waals surface area contributed by atoms with Crippen molar-refractivity contribution in [3.05, 3.63) is 23.3 Å². The van der Waals surface area contributed by atoms with Gasteiger partial charge in [0.2, 0.25) is 0 Å². The van der Waals surface area contributed by atoms with E-state index < -0.39 is 65.8 Å². The van der Waals surface area contributed by atoms with E-state index in [2.05, 4.69) is 0 Å². The van der Waals surface area contributed by atoms with Crippen LogP contribution >= 0.6 is 0 Å². The van der Waals surface area contributed by atoms with Crippen molar-refractivity contribution in [1.29, 1.82) is 0 Å². The Kier molecular flexibility index (Phi) is 10.2. The highest BCUT2D eigenvalue weighted by Gasteiger charge is 2.58. The molecule has 0 aliphatic heterocycles. The first-order chi connectivity index (χ1) is 17.5. The third-order valence-electron chi connectivity index (χ3n) is 6.08. The van der Waals surface area contributed by atoms with E-state index in [9.17, 15) is 29.1 Å². The molecule has 0 aromatic heterocycles. The van der Waals surface area contributed by atoms with E-state index in [4.69, 9.17) is 23.7 Å². The molecule has 0 radical (unpaired) electrons. The SMILES string of the molecule is CC(=O)OCC1=CCC(OC(=O)CC(C)(C)OC(C)=O)C2C1=CC(OC(=O)CC(C)C)C2(O)COC(C)=O. The van der Waals surface area contributed by atoms with Crippen molar-refractivity contribution in [1.82, 2.24) is 0 Å². The fourth-order valence-electron chi connectivity index (χ4n) is 4.67. The van der Waals surface area contributed by atoms with Gasteiger partial charge in [0, 0.05) is 33.6 Å². The van der Waals surface area contributed by atoms with Gasteiger partial charge in [0.25, 0.3) is 0 Å². The van der Waals surface area contributed by atoms with E-state index >= 15 is 0 Å². The number of esters is 5. The highest BCUT2D eigenvalue weighted by molar-refractivity contribution is 5.73. The molecule has 0 spiro atoms. The van der Waals surface area contributed by atoms with Gasteiger partial charge in [-0.25, -0.2) is 0 Å². The van der Waals surface area contributed by atoms with Gasteiger partial charge in [-0.05, 0) is 37.0 Å². The molecular weight excluding hydrogens is 500 g/mol. The molecule has 4 unspecified atom stereocenters. The first kappa shape index (κ1) is 31.0. The Morgan fingerprint density at radius 2 is 1.63 bits per heavy atom. The van der Waals surface area contributed by atoms with Crippen LogP contribution in [0.1, 0.15) is 67.7 Å². The van der Waals surface area contributed by atoms with Crippen molar-refractivity contribution in [3.8, 4) is 0 Å². The number of aliphatic hydroxyl groups is 1. The lowest BCUT2D eigenvalue weighted by Gasteiger charge is -2.41. The van der Waals surface area contributed by atoms with Crippen molar-refractivity contribution in [2.75, 3.05) is 13.2 Å². The summed E-state index contributed by atoms with van der Waals surface area (Å²) in [6.07, 6.45) is 1.02. The number of hydrogen-bond acceptors (Lipinski definition) is 11. The maximum absolute atomic E-state index is 12.9. The number of rotatable bonds is 11. The van der Waals surface area contributed by atoms with Gasteiger partial charge < -0.3 is 28.8 Å². The van der Waals surface area contributed by atoms with Crippen LogP contribution in [0.4, 0.5) is 0 Å². The molecule has 0 fully saturated rings. The van der Waals surface area contributed by atoms with Gasteiger partial charge in [-0.15, -0.1) is 0 Å². The first-order valence-electron chi connectivity index (χ1n) is 12.5. The summed E-state index contributed by atoms with van der Waals surface area (Å²) in [6, 6.07) is 0. The van der Waals surface area contributed by atoms with Crippen LogP contribution in [-0.2, 0) is 47.7 Å². The molecule has 11 nitrogen and oxygen atoms in total. The zero-order valence-electron chi connectivity index (χ0n) is 23.0. The molecule has 2 aliphatic carbocycles. The number of hydrogen-bond donors (Lipinski definition) is 1. The van der Waals surface area contributed by atoms with Crippen LogP contribution in [-0.4, -0.2) is 71.6 Å². The summed E-state index contributed by atoms with van der Waals surface area (Å²) in [5, 5.41) is 11.9. The zero-order valence-corrected chi connectivity index (χ0v) is 23.0. The van der Waals surface area contributed by atoms with Crippen LogP contribution in [0.15, 0.2) is 23.3 Å². The lowest BCUT2D eigenvalue weighted by atomic mass is 9.75. The normalized spacial score (nSPS) is 24.5. The molecule has 38 heavy (non-hydrogen) atoms. The summed E-state index contributed by atoms with van der Waals surface area (Å²) in [5.74, 6) is -3.97.